The second-order valence-corrected chi connectivity index (χ2v) is 6.50. The molecular weight excluding hydrogens is 343 g/mol. The van der Waals surface area contributed by atoms with Crippen LogP contribution in [0.1, 0.15) is 25.3 Å². The lowest BCUT2D eigenvalue weighted by Crippen LogP contribution is -2.44. The van der Waals surface area contributed by atoms with Gasteiger partial charge < -0.3 is 9.64 Å². The Morgan fingerprint density at radius 3 is 2.73 bits per heavy atom. The fraction of sp³-hybridized carbons (Fsp3) is 0.350. The molecule has 26 heavy (non-hydrogen) atoms. The van der Waals surface area contributed by atoms with Gasteiger partial charge in [-0.1, -0.05) is 12.1 Å². The van der Waals surface area contributed by atoms with Crippen molar-refractivity contribution in [2.75, 3.05) is 6.54 Å². The zero-order chi connectivity index (χ0) is 18.7. The van der Waals surface area contributed by atoms with E-state index < -0.39 is 17.7 Å². The van der Waals surface area contributed by atoms with Gasteiger partial charge in [-0.05, 0) is 56.0 Å². The molecule has 138 valence electrons. The standard InChI is InChI=1S/C20H20F3NO2/c1-13(26-17-7-8-18(22)19(23)12-17)20(25)24-9-3-6-16(24)11-14-4-2-5-15(21)10-14/h2,4-5,7-8,10,12-13,16H,3,6,9,11H2,1H3. The smallest absolute Gasteiger partial charge is 0.263 e. The molecule has 6 heteroatoms. The number of nitrogens with zero attached hydrogens (tertiary/aromatic N) is 1. The molecule has 2 aromatic carbocycles. The summed E-state index contributed by atoms with van der Waals surface area (Å²) in [5, 5.41) is 0. The second kappa shape index (κ2) is 7.81. The molecule has 0 bridgehead atoms. The van der Waals surface area contributed by atoms with Crippen LogP contribution < -0.4 is 4.74 Å². The molecule has 0 aromatic heterocycles. The van der Waals surface area contributed by atoms with Gasteiger partial charge in [0.05, 0.1) is 0 Å². The second-order valence-electron chi connectivity index (χ2n) is 6.50. The largest absolute Gasteiger partial charge is 0.481 e. The number of carbonyl (C=O) groups excluding carboxylic acids is 1. The highest BCUT2D eigenvalue weighted by Gasteiger charge is 2.32. The molecule has 2 atom stereocenters. The van der Waals surface area contributed by atoms with E-state index in [2.05, 4.69) is 0 Å². The van der Waals surface area contributed by atoms with Crippen LogP contribution >= 0.6 is 0 Å². The van der Waals surface area contributed by atoms with E-state index in [9.17, 15) is 18.0 Å². The molecule has 1 amide bonds. The number of amides is 1. The van der Waals surface area contributed by atoms with Gasteiger partial charge in [0.2, 0.25) is 0 Å². The Morgan fingerprint density at radius 1 is 1.19 bits per heavy atom. The summed E-state index contributed by atoms with van der Waals surface area (Å²) in [7, 11) is 0. The first kappa shape index (κ1) is 18.3. The first-order valence-electron chi connectivity index (χ1n) is 8.60. The predicted octanol–water partition coefficient (Wildman–Crippen LogP) is 4.10. The third-order valence-corrected chi connectivity index (χ3v) is 4.57. The van der Waals surface area contributed by atoms with Gasteiger partial charge in [0.1, 0.15) is 11.6 Å². The van der Waals surface area contributed by atoms with E-state index in [0.29, 0.717) is 13.0 Å². The molecule has 2 aromatic rings. The molecule has 3 rings (SSSR count). The van der Waals surface area contributed by atoms with E-state index in [1.54, 1.807) is 17.9 Å². The van der Waals surface area contributed by atoms with Crippen molar-refractivity contribution < 1.29 is 22.7 Å². The van der Waals surface area contributed by atoms with Crippen LogP contribution in [0.5, 0.6) is 5.75 Å². The minimum atomic E-state index is -1.02. The Kier molecular flexibility index (Phi) is 5.49. The number of likely N-dealkylation sites (tertiary alicyclic amines) is 1. The number of benzene rings is 2. The van der Waals surface area contributed by atoms with E-state index in [-0.39, 0.29) is 23.5 Å². The van der Waals surface area contributed by atoms with Crippen LogP contribution in [0.25, 0.3) is 0 Å². The van der Waals surface area contributed by atoms with Crippen LogP contribution in [-0.2, 0) is 11.2 Å². The third-order valence-electron chi connectivity index (χ3n) is 4.57. The first-order valence-corrected chi connectivity index (χ1v) is 8.60. The van der Waals surface area contributed by atoms with Crippen molar-refractivity contribution in [2.45, 2.75) is 38.3 Å². The van der Waals surface area contributed by atoms with Crippen molar-refractivity contribution in [2.24, 2.45) is 0 Å². The summed E-state index contributed by atoms with van der Waals surface area (Å²) < 4.78 is 45.1. The lowest BCUT2D eigenvalue weighted by atomic mass is 10.0. The van der Waals surface area contributed by atoms with Gasteiger partial charge in [-0.3, -0.25) is 4.79 Å². The SMILES string of the molecule is CC(Oc1ccc(F)c(F)c1)C(=O)N1CCCC1Cc1cccc(F)c1. The van der Waals surface area contributed by atoms with Crippen molar-refractivity contribution in [3.8, 4) is 5.75 Å². The quantitative estimate of drug-likeness (QED) is 0.800. The Bertz CT molecular complexity index is 796. The maximum Gasteiger partial charge on any atom is 0.263 e. The lowest BCUT2D eigenvalue weighted by molar-refractivity contribution is -0.138. The van der Waals surface area contributed by atoms with Gasteiger partial charge in [-0.25, -0.2) is 13.2 Å². The molecule has 1 aliphatic heterocycles. The molecule has 1 fully saturated rings. The summed E-state index contributed by atoms with van der Waals surface area (Å²) in [5.74, 6) is -2.40. The summed E-state index contributed by atoms with van der Waals surface area (Å²) in [6.07, 6.45) is 1.44. The van der Waals surface area contributed by atoms with Crippen LogP contribution in [0.3, 0.4) is 0 Å². The van der Waals surface area contributed by atoms with Crippen LogP contribution in [0.4, 0.5) is 13.2 Å². The highest BCUT2D eigenvalue weighted by atomic mass is 19.2. The number of hydrogen-bond donors (Lipinski definition) is 0. The van der Waals surface area contributed by atoms with Gasteiger partial charge in [-0.2, -0.15) is 0 Å². The summed E-state index contributed by atoms with van der Waals surface area (Å²) in [5.41, 5.74) is 0.837. The van der Waals surface area contributed by atoms with E-state index in [1.807, 2.05) is 6.07 Å². The molecule has 1 heterocycles. The average Bonchev–Trinajstić information content (AvgIpc) is 3.05. The van der Waals surface area contributed by atoms with Crippen LogP contribution in [0, 0.1) is 17.5 Å². The molecule has 2 unspecified atom stereocenters. The van der Waals surface area contributed by atoms with Crippen molar-refractivity contribution in [1.82, 2.24) is 4.90 Å². The summed E-state index contributed by atoms with van der Waals surface area (Å²) >= 11 is 0. The number of rotatable bonds is 5. The molecule has 0 spiro atoms. The van der Waals surface area contributed by atoms with Crippen molar-refractivity contribution in [1.29, 1.82) is 0 Å². The van der Waals surface area contributed by atoms with Gasteiger partial charge in [-0.15, -0.1) is 0 Å². The Balaban J connectivity index is 1.66. The van der Waals surface area contributed by atoms with Crippen molar-refractivity contribution in [3.63, 3.8) is 0 Å². The molecule has 1 saturated heterocycles. The minimum absolute atomic E-state index is 0.0275. The average molecular weight is 363 g/mol. The van der Waals surface area contributed by atoms with E-state index in [1.165, 1.54) is 18.2 Å². The predicted molar refractivity (Wildman–Crippen MR) is 91.3 cm³/mol. The first-order chi connectivity index (χ1) is 12.4. The highest BCUT2D eigenvalue weighted by Crippen LogP contribution is 2.24. The van der Waals surface area contributed by atoms with E-state index >= 15 is 0 Å². The third kappa shape index (κ3) is 4.18. The molecule has 3 nitrogen and oxygen atoms in total. The number of ether oxygens (including phenoxy) is 1. The lowest BCUT2D eigenvalue weighted by Gasteiger charge is -2.28. The fourth-order valence-corrected chi connectivity index (χ4v) is 3.31. The van der Waals surface area contributed by atoms with E-state index in [0.717, 1.165) is 30.5 Å². The maximum absolute atomic E-state index is 13.4. The van der Waals surface area contributed by atoms with Crippen molar-refractivity contribution >= 4 is 5.91 Å². The molecule has 0 N–H and O–H groups in total. The molecule has 1 aliphatic rings. The van der Waals surface area contributed by atoms with Crippen LogP contribution in [-0.4, -0.2) is 29.5 Å². The van der Waals surface area contributed by atoms with Gasteiger partial charge in [0.15, 0.2) is 17.7 Å². The zero-order valence-electron chi connectivity index (χ0n) is 14.4. The van der Waals surface area contributed by atoms with Gasteiger partial charge in [0.25, 0.3) is 5.91 Å². The molecule has 0 saturated carbocycles. The van der Waals surface area contributed by atoms with Crippen LogP contribution in [0.2, 0.25) is 0 Å². The summed E-state index contributed by atoms with van der Waals surface area (Å²) in [6.45, 7) is 2.19. The number of carbonyl (C=O) groups is 1. The van der Waals surface area contributed by atoms with Gasteiger partial charge >= 0.3 is 0 Å². The molecule has 0 aliphatic carbocycles. The normalized spacial score (nSPS) is 18.0. The van der Waals surface area contributed by atoms with E-state index in [4.69, 9.17) is 4.74 Å². The zero-order valence-corrected chi connectivity index (χ0v) is 14.4. The Labute approximate surface area is 150 Å². The fourth-order valence-electron chi connectivity index (χ4n) is 3.31. The number of hydrogen-bond acceptors (Lipinski definition) is 2. The highest BCUT2D eigenvalue weighted by molar-refractivity contribution is 5.81. The van der Waals surface area contributed by atoms with Crippen molar-refractivity contribution in [3.05, 3.63) is 65.5 Å². The Hall–Kier alpha value is -2.50. The summed E-state index contributed by atoms with van der Waals surface area (Å²) in [4.78, 5) is 14.5. The van der Waals surface area contributed by atoms with Crippen LogP contribution in [0.15, 0.2) is 42.5 Å². The summed E-state index contributed by atoms with van der Waals surface area (Å²) in [6, 6.07) is 9.50. The maximum atomic E-state index is 13.4. The molecule has 0 radical (unpaired) electrons. The number of halogens is 3. The minimum Gasteiger partial charge on any atom is -0.481 e. The Morgan fingerprint density at radius 2 is 2.00 bits per heavy atom. The monoisotopic (exact) mass is 363 g/mol. The van der Waals surface area contributed by atoms with Gasteiger partial charge in [0, 0.05) is 18.7 Å². The molecular formula is C20H20F3NO2. The topological polar surface area (TPSA) is 29.5 Å².